The van der Waals surface area contributed by atoms with E-state index in [1.54, 1.807) is 0 Å². The van der Waals surface area contributed by atoms with E-state index >= 15 is 0 Å². The third-order valence-electron chi connectivity index (χ3n) is 3.49. The fraction of sp³-hybridized carbons (Fsp3) is 0.938. The average molecular weight is 350 g/mol. The van der Waals surface area contributed by atoms with E-state index in [2.05, 4.69) is 22.9 Å². The Labute approximate surface area is 133 Å². The third-order valence-corrected chi connectivity index (χ3v) is 4.32. The van der Waals surface area contributed by atoms with Crippen molar-refractivity contribution in [3.05, 3.63) is 0 Å². The van der Waals surface area contributed by atoms with E-state index in [1.165, 1.54) is 57.8 Å². The molecule has 2 N–H and O–H groups in total. The SMILES string of the molecule is CCCCCCCCCCCCCOC(=O)[C@@H](N)C[SeH]. The summed E-state index contributed by atoms with van der Waals surface area (Å²) in [6.07, 6.45) is 14.3. The fourth-order valence-electron chi connectivity index (χ4n) is 2.12. The van der Waals surface area contributed by atoms with Crippen molar-refractivity contribution in [3.8, 4) is 0 Å². The molecule has 0 heterocycles. The van der Waals surface area contributed by atoms with Crippen molar-refractivity contribution in [1.29, 1.82) is 0 Å². The van der Waals surface area contributed by atoms with Crippen molar-refractivity contribution in [2.24, 2.45) is 5.73 Å². The van der Waals surface area contributed by atoms with Crippen molar-refractivity contribution in [3.63, 3.8) is 0 Å². The summed E-state index contributed by atoms with van der Waals surface area (Å²) in [5, 5.41) is 0.587. The first-order valence-corrected chi connectivity index (χ1v) is 9.58. The molecule has 120 valence electrons. The standard InChI is InChI=1S/C16H33NO2Se/c1-2-3-4-5-6-7-8-9-10-11-12-13-19-16(18)15(17)14-20/h15,20H,2-14,17H2,1H3/t15-/m0/s1. The molecular formula is C16H33NO2Se. The first kappa shape index (κ1) is 19.9. The van der Waals surface area contributed by atoms with Gasteiger partial charge in [0.1, 0.15) is 0 Å². The number of nitrogens with two attached hydrogens (primary N) is 1. The minimum atomic E-state index is -0.470. The van der Waals surface area contributed by atoms with Crippen LogP contribution in [0.5, 0.6) is 0 Å². The molecule has 4 heteroatoms. The molecule has 0 fully saturated rings. The summed E-state index contributed by atoms with van der Waals surface area (Å²) in [6.45, 7) is 2.78. The molecule has 20 heavy (non-hydrogen) atoms. The van der Waals surface area contributed by atoms with Gasteiger partial charge in [0, 0.05) is 0 Å². The molecule has 0 saturated heterocycles. The van der Waals surface area contributed by atoms with Crippen molar-refractivity contribution in [2.75, 3.05) is 6.61 Å². The molecule has 0 spiro atoms. The molecule has 0 rings (SSSR count). The van der Waals surface area contributed by atoms with E-state index < -0.39 is 6.04 Å². The van der Waals surface area contributed by atoms with Gasteiger partial charge in [0.25, 0.3) is 0 Å². The zero-order valence-electron chi connectivity index (χ0n) is 13.1. The van der Waals surface area contributed by atoms with Gasteiger partial charge in [-0.25, -0.2) is 0 Å². The second-order valence-corrected chi connectivity index (χ2v) is 6.26. The van der Waals surface area contributed by atoms with Gasteiger partial charge in [-0.15, -0.1) is 0 Å². The van der Waals surface area contributed by atoms with E-state index in [0.717, 1.165) is 12.8 Å². The van der Waals surface area contributed by atoms with E-state index in [1.807, 2.05) is 0 Å². The predicted molar refractivity (Wildman–Crippen MR) is 87.4 cm³/mol. The Morgan fingerprint density at radius 3 is 1.85 bits per heavy atom. The predicted octanol–water partition coefficient (Wildman–Crippen LogP) is 3.49. The number of ether oxygens (including phenoxy) is 1. The van der Waals surface area contributed by atoms with E-state index in [9.17, 15) is 4.79 Å². The Kier molecular flexibility index (Phi) is 15.3. The molecular weight excluding hydrogens is 317 g/mol. The second-order valence-electron chi connectivity index (χ2n) is 5.49. The van der Waals surface area contributed by atoms with Crippen LogP contribution >= 0.6 is 0 Å². The van der Waals surface area contributed by atoms with Crippen LogP contribution in [0.3, 0.4) is 0 Å². The number of carbonyl (C=O) groups is 1. The molecule has 0 aliphatic rings. The first-order chi connectivity index (χ1) is 9.72. The van der Waals surface area contributed by atoms with Crippen LogP contribution in [0.25, 0.3) is 0 Å². The van der Waals surface area contributed by atoms with Gasteiger partial charge in [0.2, 0.25) is 0 Å². The van der Waals surface area contributed by atoms with Gasteiger partial charge in [-0.05, 0) is 0 Å². The van der Waals surface area contributed by atoms with Crippen LogP contribution in [0.15, 0.2) is 0 Å². The Bertz CT molecular complexity index is 225. The van der Waals surface area contributed by atoms with Gasteiger partial charge in [-0.3, -0.25) is 0 Å². The Hall–Kier alpha value is -0.0505. The van der Waals surface area contributed by atoms with Gasteiger partial charge in [-0.1, -0.05) is 32.6 Å². The Morgan fingerprint density at radius 1 is 0.950 bits per heavy atom. The number of hydrogen-bond acceptors (Lipinski definition) is 3. The number of rotatable bonds is 14. The quantitative estimate of drug-likeness (QED) is 0.296. The summed E-state index contributed by atoms with van der Waals surface area (Å²) >= 11 is 2.32. The monoisotopic (exact) mass is 351 g/mol. The molecule has 0 aliphatic carbocycles. The molecule has 0 bridgehead atoms. The summed E-state index contributed by atoms with van der Waals surface area (Å²) in [5.41, 5.74) is 5.57. The zero-order valence-corrected chi connectivity index (χ0v) is 15.0. The van der Waals surface area contributed by atoms with Crippen LogP contribution in [0, 0.1) is 0 Å². The Morgan fingerprint density at radius 2 is 1.40 bits per heavy atom. The molecule has 0 radical (unpaired) electrons. The van der Waals surface area contributed by atoms with Gasteiger partial charge in [-0.2, -0.15) is 0 Å². The summed E-state index contributed by atoms with van der Waals surface area (Å²) in [7, 11) is 0. The number of unbranched alkanes of at least 4 members (excludes halogenated alkanes) is 10. The van der Waals surface area contributed by atoms with Crippen LogP contribution in [0.2, 0.25) is 5.32 Å². The summed E-state index contributed by atoms with van der Waals surface area (Å²) in [6, 6.07) is -0.470. The van der Waals surface area contributed by atoms with Gasteiger partial charge in [0.05, 0.1) is 0 Å². The van der Waals surface area contributed by atoms with Gasteiger partial charge < -0.3 is 0 Å². The molecule has 0 aliphatic heterocycles. The molecule has 0 aromatic heterocycles. The van der Waals surface area contributed by atoms with E-state index in [0.29, 0.717) is 11.9 Å². The van der Waals surface area contributed by atoms with Crippen molar-refractivity contribution in [1.82, 2.24) is 0 Å². The normalized spacial score (nSPS) is 12.3. The summed E-state index contributed by atoms with van der Waals surface area (Å²) in [5.74, 6) is -0.266. The van der Waals surface area contributed by atoms with Gasteiger partial charge in [0.15, 0.2) is 0 Å². The number of esters is 1. The molecule has 0 aromatic rings. The van der Waals surface area contributed by atoms with Crippen LogP contribution in [0.4, 0.5) is 0 Å². The molecule has 0 amide bonds. The summed E-state index contributed by atoms with van der Waals surface area (Å²) in [4.78, 5) is 11.3. The van der Waals surface area contributed by atoms with E-state index in [4.69, 9.17) is 10.5 Å². The number of hydrogen-bond donors (Lipinski definition) is 1. The van der Waals surface area contributed by atoms with Gasteiger partial charge >= 0.3 is 100 Å². The fourth-order valence-corrected chi connectivity index (χ4v) is 2.43. The number of carbonyl (C=O) groups excluding carboxylic acids is 1. The molecule has 0 unspecified atom stereocenters. The third kappa shape index (κ3) is 13.0. The van der Waals surface area contributed by atoms with Crippen molar-refractivity contribution in [2.45, 2.75) is 88.9 Å². The van der Waals surface area contributed by atoms with Crippen molar-refractivity contribution >= 4 is 22.0 Å². The van der Waals surface area contributed by atoms with Crippen molar-refractivity contribution < 1.29 is 9.53 Å². The molecule has 0 aromatic carbocycles. The van der Waals surface area contributed by atoms with Crippen LogP contribution in [0.1, 0.15) is 77.6 Å². The van der Waals surface area contributed by atoms with Crippen LogP contribution in [-0.2, 0) is 9.53 Å². The van der Waals surface area contributed by atoms with Crippen LogP contribution in [-0.4, -0.2) is 34.6 Å². The second kappa shape index (κ2) is 15.3. The molecule has 3 nitrogen and oxygen atoms in total. The van der Waals surface area contributed by atoms with Crippen LogP contribution < -0.4 is 5.73 Å². The Balaban J connectivity index is 3.11. The zero-order chi connectivity index (χ0) is 15.1. The first-order valence-electron chi connectivity index (χ1n) is 8.25. The average Bonchev–Trinajstić information content (AvgIpc) is 2.47. The summed E-state index contributed by atoms with van der Waals surface area (Å²) < 4.78 is 5.10. The van der Waals surface area contributed by atoms with E-state index in [-0.39, 0.29) is 5.97 Å². The molecule has 0 saturated carbocycles. The molecule has 1 atom stereocenters. The minimum absolute atomic E-state index is 0.266. The maximum absolute atomic E-state index is 11.3. The topological polar surface area (TPSA) is 52.3 Å². The maximum atomic E-state index is 11.3.